The average Bonchev–Trinajstić information content (AvgIpc) is 3.12. The fraction of sp³-hybridized carbons (Fsp3) is 0.381. The van der Waals surface area contributed by atoms with Crippen molar-refractivity contribution in [3.05, 3.63) is 58.7 Å². The second kappa shape index (κ2) is 8.61. The molecule has 0 saturated heterocycles. The van der Waals surface area contributed by atoms with E-state index in [1.54, 1.807) is 14.2 Å². The normalized spacial score (nSPS) is 13.1. The summed E-state index contributed by atoms with van der Waals surface area (Å²) in [6.07, 6.45) is 1.97. The first kappa shape index (κ1) is 18.1. The molecule has 1 heterocycles. The molecule has 0 saturated carbocycles. The Hall–Kier alpha value is -2.69. The van der Waals surface area contributed by atoms with E-state index in [1.807, 2.05) is 6.07 Å². The van der Waals surface area contributed by atoms with Gasteiger partial charge in [0, 0.05) is 26.6 Å². The number of nitrogens with zero attached hydrogens (tertiary/aromatic N) is 1. The quantitative estimate of drug-likeness (QED) is 0.619. The van der Waals surface area contributed by atoms with E-state index in [0.717, 1.165) is 55.6 Å². The lowest BCUT2D eigenvalue weighted by Crippen LogP contribution is -2.37. The number of ether oxygens (including phenoxy) is 2. The Bertz CT molecular complexity index is 787. The van der Waals surface area contributed by atoms with E-state index in [-0.39, 0.29) is 0 Å². The molecule has 5 nitrogen and oxygen atoms in total. The van der Waals surface area contributed by atoms with Crippen LogP contribution >= 0.6 is 0 Å². The van der Waals surface area contributed by atoms with Crippen LogP contribution in [-0.2, 0) is 19.4 Å². The van der Waals surface area contributed by atoms with E-state index >= 15 is 0 Å². The standard InChI is InChI=1S/C21H27N3O2/c1-15-12-17(5-6-19(15)25-3)14-24-21(22-2)23-10-8-16-4-7-20-18(13-16)9-11-26-20/h4-7,12-13H,8-11,14H2,1-3H3,(H2,22,23,24). The Morgan fingerprint density at radius 3 is 2.77 bits per heavy atom. The number of aliphatic imine (C=N–C) groups is 1. The summed E-state index contributed by atoms with van der Waals surface area (Å²) in [5.41, 5.74) is 4.98. The van der Waals surface area contributed by atoms with Crippen molar-refractivity contribution in [3.8, 4) is 11.5 Å². The van der Waals surface area contributed by atoms with E-state index < -0.39 is 0 Å². The van der Waals surface area contributed by atoms with Gasteiger partial charge in [-0.05, 0) is 47.7 Å². The summed E-state index contributed by atoms with van der Waals surface area (Å²) < 4.78 is 10.9. The van der Waals surface area contributed by atoms with Gasteiger partial charge in [0.15, 0.2) is 5.96 Å². The zero-order chi connectivity index (χ0) is 18.4. The number of aryl methyl sites for hydroxylation is 1. The molecular weight excluding hydrogens is 326 g/mol. The third kappa shape index (κ3) is 4.48. The van der Waals surface area contributed by atoms with Gasteiger partial charge in [-0.1, -0.05) is 24.3 Å². The maximum Gasteiger partial charge on any atom is 0.191 e. The zero-order valence-electron chi connectivity index (χ0n) is 15.8. The van der Waals surface area contributed by atoms with E-state index in [9.17, 15) is 0 Å². The van der Waals surface area contributed by atoms with Gasteiger partial charge in [-0.15, -0.1) is 0 Å². The lowest BCUT2D eigenvalue weighted by molar-refractivity contribution is 0.357. The van der Waals surface area contributed by atoms with Gasteiger partial charge in [-0.3, -0.25) is 4.99 Å². The molecule has 26 heavy (non-hydrogen) atoms. The predicted octanol–water partition coefficient (Wildman–Crippen LogP) is 2.85. The number of benzene rings is 2. The highest BCUT2D eigenvalue weighted by Gasteiger charge is 2.11. The highest BCUT2D eigenvalue weighted by molar-refractivity contribution is 5.79. The van der Waals surface area contributed by atoms with Gasteiger partial charge in [0.2, 0.25) is 0 Å². The number of rotatable bonds is 6. The largest absolute Gasteiger partial charge is 0.496 e. The molecule has 0 unspecified atom stereocenters. The lowest BCUT2D eigenvalue weighted by Gasteiger charge is -2.13. The average molecular weight is 353 g/mol. The van der Waals surface area contributed by atoms with Crippen molar-refractivity contribution in [1.82, 2.24) is 10.6 Å². The number of methoxy groups -OCH3 is 1. The van der Waals surface area contributed by atoms with E-state index in [0.29, 0.717) is 0 Å². The summed E-state index contributed by atoms with van der Waals surface area (Å²) in [5.74, 6) is 2.76. The van der Waals surface area contributed by atoms with Crippen molar-refractivity contribution >= 4 is 5.96 Å². The summed E-state index contributed by atoms with van der Waals surface area (Å²) in [6.45, 7) is 4.41. The maximum absolute atomic E-state index is 5.56. The van der Waals surface area contributed by atoms with Gasteiger partial charge >= 0.3 is 0 Å². The minimum Gasteiger partial charge on any atom is -0.496 e. The van der Waals surface area contributed by atoms with Crippen LogP contribution in [-0.4, -0.2) is 33.3 Å². The number of hydrogen-bond acceptors (Lipinski definition) is 3. The molecule has 0 fully saturated rings. The molecule has 0 radical (unpaired) electrons. The second-order valence-electron chi connectivity index (χ2n) is 6.45. The zero-order valence-corrected chi connectivity index (χ0v) is 15.8. The van der Waals surface area contributed by atoms with Gasteiger partial charge in [-0.25, -0.2) is 0 Å². The van der Waals surface area contributed by atoms with Crippen LogP contribution in [0, 0.1) is 6.92 Å². The van der Waals surface area contributed by atoms with Gasteiger partial charge in [-0.2, -0.15) is 0 Å². The third-order valence-electron chi connectivity index (χ3n) is 4.60. The first-order valence-corrected chi connectivity index (χ1v) is 9.02. The molecule has 138 valence electrons. The van der Waals surface area contributed by atoms with Crippen molar-refractivity contribution in [2.75, 3.05) is 27.3 Å². The van der Waals surface area contributed by atoms with E-state index in [4.69, 9.17) is 9.47 Å². The fourth-order valence-electron chi connectivity index (χ4n) is 3.18. The molecule has 2 aromatic rings. The molecule has 3 rings (SSSR count). The van der Waals surface area contributed by atoms with Crippen molar-refractivity contribution in [2.45, 2.75) is 26.3 Å². The molecule has 0 aromatic heterocycles. The van der Waals surface area contributed by atoms with Crippen LogP contribution < -0.4 is 20.1 Å². The summed E-state index contributed by atoms with van der Waals surface area (Å²) in [7, 11) is 3.49. The molecule has 1 aliphatic rings. The van der Waals surface area contributed by atoms with Crippen LogP contribution in [0.1, 0.15) is 22.3 Å². The van der Waals surface area contributed by atoms with Crippen LogP contribution in [0.2, 0.25) is 0 Å². The second-order valence-corrected chi connectivity index (χ2v) is 6.45. The van der Waals surface area contributed by atoms with Crippen LogP contribution in [0.5, 0.6) is 11.5 Å². The predicted molar refractivity (Wildman–Crippen MR) is 105 cm³/mol. The van der Waals surface area contributed by atoms with Gasteiger partial charge < -0.3 is 20.1 Å². The molecule has 2 aromatic carbocycles. The minimum atomic E-state index is 0.723. The summed E-state index contributed by atoms with van der Waals surface area (Å²) >= 11 is 0. The van der Waals surface area contributed by atoms with Crippen molar-refractivity contribution in [2.24, 2.45) is 4.99 Å². The minimum absolute atomic E-state index is 0.723. The Labute approximate surface area is 155 Å². The van der Waals surface area contributed by atoms with Crippen LogP contribution in [0.15, 0.2) is 41.4 Å². The van der Waals surface area contributed by atoms with Crippen molar-refractivity contribution < 1.29 is 9.47 Å². The topological polar surface area (TPSA) is 54.9 Å². The molecule has 0 amide bonds. The molecule has 5 heteroatoms. The number of fused-ring (bicyclic) bond motifs is 1. The monoisotopic (exact) mass is 353 g/mol. The molecule has 0 atom stereocenters. The van der Waals surface area contributed by atoms with Crippen LogP contribution in [0.25, 0.3) is 0 Å². The molecular formula is C21H27N3O2. The number of nitrogens with one attached hydrogen (secondary N) is 2. The molecule has 1 aliphatic heterocycles. The summed E-state index contributed by atoms with van der Waals surface area (Å²) in [6, 6.07) is 12.7. The molecule has 2 N–H and O–H groups in total. The maximum atomic E-state index is 5.56. The SMILES string of the molecule is CN=C(NCCc1ccc2c(c1)CCO2)NCc1ccc(OC)c(C)c1. The number of hydrogen-bond donors (Lipinski definition) is 2. The fourth-order valence-corrected chi connectivity index (χ4v) is 3.18. The third-order valence-corrected chi connectivity index (χ3v) is 4.60. The lowest BCUT2D eigenvalue weighted by atomic mass is 10.1. The van der Waals surface area contributed by atoms with E-state index in [2.05, 4.69) is 52.9 Å². The summed E-state index contributed by atoms with van der Waals surface area (Å²) in [4.78, 5) is 4.30. The highest BCUT2D eigenvalue weighted by Crippen LogP contribution is 2.25. The summed E-state index contributed by atoms with van der Waals surface area (Å²) in [5, 5.41) is 6.73. The van der Waals surface area contributed by atoms with Crippen LogP contribution in [0.4, 0.5) is 0 Å². The van der Waals surface area contributed by atoms with Crippen molar-refractivity contribution in [1.29, 1.82) is 0 Å². The van der Waals surface area contributed by atoms with Gasteiger partial charge in [0.25, 0.3) is 0 Å². The van der Waals surface area contributed by atoms with Crippen LogP contribution in [0.3, 0.4) is 0 Å². The van der Waals surface area contributed by atoms with Gasteiger partial charge in [0.1, 0.15) is 11.5 Å². The Kier molecular flexibility index (Phi) is 6.00. The molecule has 0 spiro atoms. The number of guanidine groups is 1. The Morgan fingerprint density at radius 2 is 2.00 bits per heavy atom. The Balaban J connectivity index is 1.47. The first-order chi connectivity index (χ1) is 12.7. The molecule has 0 aliphatic carbocycles. The van der Waals surface area contributed by atoms with Crippen molar-refractivity contribution in [3.63, 3.8) is 0 Å². The molecule has 0 bridgehead atoms. The highest BCUT2D eigenvalue weighted by atomic mass is 16.5. The Morgan fingerprint density at radius 1 is 1.15 bits per heavy atom. The van der Waals surface area contributed by atoms with E-state index in [1.165, 1.54) is 16.7 Å². The first-order valence-electron chi connectivity index (χ1n) is 9.02. The smallest absolute Gasteiger partial charge is 0.191 e. The van der Waals surface area contributed by atoms with Gasteiger partial charge in [0.05, 0.1) is 13.7 Å².